The lowest BCUT2D eigenvalue weighted by Gasteiger charge is -2.23. The quantitative estimate of drug-likeness (QED) is 0.602. The molecule has 0 saturated carbocycles. The normalized spacial score (nSPS) is 15.3. The van der Waals surface area contributed by atoms with E-state index in [2.05, 4.69) is 0 Å². The van der Waals surface area contributed by atoms with Gasteiger partial charge in [-0.05, 0) is 12.5 Å². The molecule has 1 rings (SSSR count). The van der Waals surface area contributed by atoms with Crippen molar-refractivity contribution in [1.82, 2.24) is 0 Å². The zero-order valence-corrected chi connectivity index (χ0v) is 11.3. The Balaban J connectivity index is 2.45. The first-order valence-corrected chi connectivity index (χ1v) is 6.19. The summed E-state index contributed by atoms with van der Waals surface area (Å²) in [6, 6.07) is 9.35. The zero-order chi connectivity index (χ0) is 15.2. The lowest BCUT2D eigenvalue weighted by molar-refractivity contribution is -0.156. The first kappa shape index (κ1) is 16.1. The molecule has 1 aromatic rings. The number of benzene rings is 1. The highest BCUT2D eigenvalue weighted by Gasteiger charge is 2.41. The van der Waals surface area contributed by atoms with Gasteiger partial charge >= 0.3 is 5.97 Å². The van der Waals surface area contributed by atoms with E-state index in [9.17, 15) is 14.7 Å². The van der Waals surface area contributed by atoms with Crippen LogP contribution < -0.4 is 5.73 Å². The molecular weight excluding hydrogens is 262 g/mol. The van der Waals surface area contributed by atoms with E-state index in [-0.39, 0.29) is 13.0 Å². The average molecular weight is 281 g/mol. The summed E-state index contributed by atoms with van der Waals surface area (Å²) >= 11 is 0. The van der Waals surface area contributed by atoms with Crippen LogP contribution in [0.1, 0.15) is 18.9 Å². The Morgan fingerprint density at radius 3 is 2.45 bits per heavy atom. The van der Waals surface area contributed by atoms with Gasteiger partial charge in [-0.2, -0.15) is 0 Å². The third-order valence-electron chi connectivity index (χ3n) is 3.08. The maximum atomic E-state index is 11.2. The summed E-state index contributed by atoms with van der Waals surface area (Å²) < 4.78 is 5.29. The molecule has 6 nitrogen and oxygen atoms in total. The van der Waals surface area contributed by atoms with Crippen LogP contribution in [0.3, 0.4) is 0 Å². The SMILES string of the molecule is CC(CC(O)COCc1ccccc1)(C(N)=O)C(=O)O. The van der Waals surface area contributed by atoms with Crippen molar-refractivity contribution < 1.29 is 24.5 Å². The Labute approximate surface area is 117 Å². The van der Waals surface area contributed by atoms with Crippen molar-refractivity contribution >= 4 is 11.9 Å². The van der Waals surface area contributed by atoms with Crippen LogP contribution in [-0.4, -0.2) is 34.8 Å². The maximum absolute atomic E-state index is 11.2. The summed E-state index contributed by atoms with van der Waals surface area (Å²) in [5.74, 6) is -2.33. The van der Waals surface area contributed by atoms with Gasteiger partial charge < -0.3 is 20.7 Å². The molecule has 0 fully saturated rings. The van der Waals surface area contributed by atoms with Crippen LogP contribution >= 0.6 is 0 Å². The van der Waals surface area contributed by atoms with Crippen LogP contribution in [0, 0.1) is 5.41 Å². The van der Waals surface area contributed by atoms with Crippen molar-refractivity contribution in [3.05, 3.63) is 35.9 Å². The van der Waals surface area contributed by atoms with E-state index < -0.39 is 23.4 Å². The minimum Gasteiger partial charge on any atom is -0.480 e. The molecule has 0 bridgehead atoms. The monoisotopic (exact) mass is 281 g/mol. The van der Waals surface area contributed by atoms with E-state index in [0.29, 0.717) is 6.61 Å². The summed E-state index contributed by atoms with van der Waals surface area (Å²) in [6.45, 7) is 1.43. The van der Waals surface area contributed by atoms with E-state index in [1.165, 1.54) is 6.92 Å². The number of aliphatic hydroxyl groups is 1. The maximum Gasteiger partial charge on any atom is 0.319 e. The second-order valence-corrected chi connectivity index (χ2v) is 4.86. The fourth-order valence-corrected chi connectivity index (χ4v) is 1.71. The van der Waals surface area contributed by atoms with Crippen molar-refractivity contribution in [3.63, 3.8) is 0 Å². The highest BCUT2D eigenvalue weighted by Crippen LogP contribution is 2.23. The molecule has 0 aliphatic rings. The van der Waals surface area contributed by atoms with Gasteiger partial charge in [-0.1, -0.05) is 30.3 Å². The number of carbonyl (C=O) groups excluding carboxylic acids is 1. The number of nitrogens with two attached hydrogens (primary N) is 1. The molecule has 0 saturated heterocycles. The minimum absolute atomic E-state index is 0.0644. The van der Waals surface area contributed by atoms with Gasteiger partial charge in [-0.3, -0.25) is 9.59 Å². The number of primary amides is 1. The smallest absolute Gasteiger partial charge is 0.319 e. The number of carboxylic acids is 1. The molecule has 0 spiro atoms. The number of carboxylic acid groups (broad SMARTS) is 1. The number of carbonyl (C=O) groups is 2. The van der Waals surface area contributed by atoms with Gasteiger partial charge in [0.1, 0.15) is 5.41 Å². The number of aliphatic hydroxyl groups excluding tert-OH is 1. The predicted octanol–water partition coefficient (Wildman–Crippen LogP) is 0.530. The summed E-state index contributed by atoms with van der Waals surface area (Å²) in [5, 5.41) is 18.8. The second-order valence-electron chi connectivity index (χ2n) is 4.86. The van der Waals surface area contributed by atoms with Crippen LogP contribution in [0.5, 0.6) is 0 Å². The number of hydrogen-bond acceptors (Lipinski definition) is 4. The van der Waals surface area contributed by atoms with E-state index in [4.69, 9.17) is 15.6 Å². The molecule has 0 aliphatic heterocycles. The van der Waals surface area contributed by atoms with Crippen LogP contribution in [0.15, 0.2) is 30.3 Å². The first-order valence-electron chi connectivity index (χ1n) is 6.19. The number of hydrogen-bond donors (Lipinski definition) is 3. The Morgan fingerprint density at radius 1 is 1.35 bits per heavy atom. The molecular formula is C14H19NO5. The predicted molar refractivity (Wildman–Crippen MR) is 71.7 cm³/mol. The Morgan fingerprint density at radius 2 is 1.95 bits per heavy atom. The molecule has 0 heterocycles. The third kappa shape index (κ3) is 4.32. The van der Waals surface area contributed by atoms with Gasteiger partial charge in [-0.25, -0.2) is 0 Å². The molecule has 0 aromatic heterocycles. The van der Waals surface area contributed by atoms with Crippen LogP contribution in [0.4, 0.5) is 0 Å². The fraction of sp³-hybridized carbons (Fsp3) is 0.429. The van der Waals surface area contributed by atoms with Gasteiger partial charge in [0.05, 0.1) is 19.3 Å². The van der Waals surface area contributed by atoms with Gasteiger partial charge in [0.25, 0.3) is 0 Å². The van der Waals surface area contributed by atoms with E-state index in [1.54, 1.807) is 0 Å². The molecule has 4 N–H and O–H groups in total. The Hall–Kier alpha value is -1.92. The van der Waals surface area contributed by atoms with Gasteiger partial charge in [0, 0.05) is 6.42 Å². The molecule has 6 heteroatoms. The second kappa shape index (κ2) is 7.02. The molecule has 0 aliphatic carbocycles. The average Bonchev–Trinajstić information content (AvgIpc) is 2.39. The van der Waals surface area contributed by atoms with Crippen molar-refractivity contribution in [2.75, 3.05) is 6.61 Å². The molecule has 1 amide bonds. The highest BCUT2D eigenvalue weighted by molar-refractivity contribution is 6.00. The summed E-state index contributed by atoms with van der Waals surface area (Å²) in [7, 11) is 0. The van der Waals surface area contributed by atoms with Crippen molar-refractivity contribution in [1.29, 1.82) is 0 Å². The number of amides is 1. The van der Waals surface area contributed by atoms with Crippen molar-refractivity contribution in [2.24, 2.45) is 11.1 Å². The number of rotatable bonds is 8. The summed E-state index contributed by atoms with van der Waals surface area (Å²) in [5.41, 5.74) is 4.21. The molecule has 2 unspecified atom stereocenters. The molecule has 20 heavy (non-hydrogen) atoms. The summed E-state index contributed by atoms with van der Waals surface area (Å²) in [4.78, 5) is 22.2. The van der Waals surface area contributed by atoms with Crippen molar-refractivity contribution in [3.8, 4) is 0 Å². The van der Waals surface area contributed by atoms with Crippen LogP contribution in [-0.2, 0) is 20.9 Å². The van der Waals surface area contributed by atoms with Gasteiger partial charge in [0.15, 0.2) is 0 Å². The topological polar surface area (TPSA) is 110 Å². The fourth-order valence-electron chi connectivity index (χ4n) is 1.71. The van der Waals surface area contributed by atoms with Crippen LogP contribution in [0.25, 0.3) is 0 Å². The molecule has 1 aromatic carbocycles. The largest absolute Gasteiger partial charge is 0.480 e. The molecule has 110 valence electrons. The minimum atomic E-state index is -1.80. The van der Waals surface area contributed by atoms with E-state index >= 15 is 0 Å². The molecule has 2 atom stereocenters. The van der Waals surface area contributed by atoms with Crippen molar-refractivity contribution in [2.45, 2.75) is 26.1 Å². The summed E-state index contributed by atoms with van der Waals surface area (Å²) in [6.07, 6.45) is -1.36. The molecule has 0 radical (unpaired) electrons. The zero-order valence-electron chi connectivity index (χ0n) is 11.3. The van der Waals surface area contributed by atoms with Gasteiger partial charge in [-0.15, -0.1) is 0 Å². The standard InChI is InChI=1S/C14H19NO5/c1-14(12(15)17,13(18)19)7-11(16)9-20-8-10-5-3-2-4-6-10/h2-6,11,16H,7-9H2,1H3,(H2,15,17)(H,18,19). The highest BCUT2D eigenvalue weighted by atomic mass is 16.5. The first-order chi connectivity index (χ1) is 9.36. The Kier molecular flexibility index (Phi) is 5.66. The lowest BCUT2D eigenvalue weighted by atomic mass is 9.84. The van der Waals surface area contributed by atoms with Gasteiger partial charge in [0.2, 0.25) is 5.91 Å². The van der Waals surface area contributed by atoms with E-state index in [1.807, 2.05) is 30.3 Å². The third-order valence-corrected chi connectivity index (χ3v) is 3.08. The number of ether oxygens (including phenoxy) is 1. The van der Waals surface area contributed by atoms with Crippen LogP contribution in [0.2, 0.25) is 0 Å². The number of aliphatic carboxylic acids is 1. The van der Waals surface area contributed by atoms with E-state index in [0.717, 1.165) is 5.56 Å². The Bertz CT molecular complexity index is 446. The lowest BCUT2D eigenvalue weighted by Crippen LogP contribution is -2.44.